The number of aromatic nitrogens is 3. The molecule has 208 valence electrons. The zero-order chi connectivity index (χ0) is 27.3. The Hall–Kier alpha value is -3.56. The molecule has 3 saturated heterocycles. The molecule has 0 radical (unpaired) electrons. The number of pyridine rings is 1. The van der Waals surface area contributed by atoms with Gasteiger partial charge in [0, 0.05) is 32.0 Å². The third-order valence-corrected chi connectivity index (χ3v) is 9.04. The van der Waals surface area contributed by atoms with E-state index in [2.05, 4.69) is 19.8 Å². The summed E-state index contributed by atoms with van der Waals surface area (Å²) < 4.78 is 28.5. The third kappa shape index (κ3) is 4.32. The summed E-state index contributed by atoms with van der Waals surface area (Å²) in [4.78, 5) is 18.7. The standard InChI is InChI=1S/C31H34FN5O3/c1-39-22-8-4-12-36(18-22)29-25-17-33-27(24-16-21(38)15-20-7-2-3-9-23(20)24)26(32)28(25)34-30(35-29)40-19-31-10-5-13-37(31)14-6-11-31/h2-3,7,9,15-17,22,38H,4-6,8,10-14,18-19H2,1H3. The molecule has 40 heavy (non-hydrogen) atoms. The number of aromatic hydroxyl groups is 1. The van der Waals surface area contributed by atoms with Gasteiger partial charge >= 0.3 is 6.01 Å². The van der Waals surface area contributed by atoms with Gasteiger partial charge in [0.15, 0.2) is 5.82 Å². The van der Waals surface area contributed by atoms with Crippen LogP contribution < -0.4 is 9.64 Å². The second-order valence-electron chi connectivity index (χ2n) is 11.4. The van der Waals surface area contributed by atoms with Crippen LogP contribution in [0, 0.1) is 5.82 Å². The van der Waals surface area contributed by atoms with E-state index in [1.807, 2.05) is 24.3 Å². The molecule has 1 atom stereocenters. The molecule has 3 fully saturated rings. The molecule has 0 saturated carbocycles. The highest BCUT2D eigenvalue weighted by atomic mass is 19.1. The third-order valence-electron chi connectivity index (χ3n) is 9.04. The Bertz CT molecular complexity index is 1570. The van der Waals surface area contributed by atoms with E-state index >= 15 is 4.39 Å². The first-order valence-corrected chi connectivity index (χ1v) is 14.3. The second-order valence-corrected chi connectivity index (χ2v) is 11.4. The molecule has 0 amide bonds. The van der Waals surface area contributed by atoms with Crippen LogP contribution in [-0.4, -0.2) is 76.5 Å². The molecule has 9 heteroatoms. The normalized spacial score (nSPS) is 20.9. The summed E-state index contributed by atoms with van der Waals surface area (Å²) in [7, 11) is 1.72. The van der Waals surface area contributed by atoms with Gasteiger partial charge in [-0.3, -0.25) is 9.88 Å². The molecular formula is C31H34FN5O3. The van der Waals surface area contributed by atoms with E-state index in [0.29, 0.717) is 29.9 Å². The first-order valence-electron chi connectivity index (χ1n) is 14.3. The molecule has 2 aromatic carbocycles. The summed E-state index contributed by atoms with van der Waals surface area (Å²) in [5.74, 6) is 0.120. The van der Waals surface area contributed by atoms with E-state index < -0.39 is 5.82 Å². The van der Waals surface area contributed by atoms with Crippen LogP contribution in [0.25, 0.3) is 32.9 Å². The van der Waals surface area contributed by atoms with Crippen molar-refractivity contribution < 1.29 is 19.0 Å². The Morgan fingerprint density at radius 2 is 1.88 bits per heavy atom. The summed E-state index contributed by atoms with van der Waals surface area (Å²) in [6.45, 7) is 4.13. The van der Waals surface area contributed by atoms with Crippen LogP contribution in [0.5, 0.6) is 11.8 Å². The van der Waals surface area contributed by atoms with Crippen molar-refractivity contribution in [2.45, 2.75) is 50.2 Å². The van der Waals surface area contributed by atoms with Gasteiger partial charge in [0.05, 0.1) is 17.0 Å². The fraction of sp³-hybridized carbons (Fsp3) is 0.452. The molecule has 3 aliphatic heterocycles. The smallest absolute Gasteiger partial charge is 0.319 e. The predicted octanol–water partition coefficient (Wildman–Crippen LogP) is 5.31. The van der Waals surface area contributed by atoms with Gasteiger partial charge in [-0.1, -0.05) is 24.3 Å². The lowest BCUT2D eigenvalue weighted by Crippen LogP contribution is -2.43. The van der Waals surface area contributed by atoms with Crippen LogP contribution in [0.2, 0.25) is 0 Å². The van der Waals surface area contributed by atoms with Gasteiger partial charge in [-0.15, -0.1) is 0 Å². The number of hydrogen-bond donors (Lipinski definition) is 1. The van der Waals surface area contributed by atoms with Crippen molar-refractivity contribution in [3.8, 4) is 23.0 Å². The number of nitrogens with zero attached hydrogens (tertiary/aromatic N) is 5. The summed E-state index contributed by atoms with van der Waals surface area (Å²) >= 11 is 0. The Labute approximate surface area is 232 Å². The molecule has 0 aliphatic carbocycles. The van der Waals surface area contributed by atoms with E-state index in [-0.39, 0.29) is 34.6 Å². The van der Waals surface area contributed by atoms with Gasteiger partial charge in [-0.2, -0.15) is 9.97 Å². The highest BCUT2D eigenvalue weighted by Gasteiger charge is 2.45. The van der Waals surface area contributed by atoms with Gasteiger partial charge in [0.1, 0.15) is 29.4 Å². The van der Waals surface area contributed by atoms with Crippen LogP contribution in [0.15, 0.2) is 42.6 Å². The number of benzene rings is 2. The Morgan fingerprint density at radius 3 is 2.70 bits per heavy atom. The van der Waals surface area contributed by atoms with E-state index in [1.54, 1.807) is 25.4 Å². The lowest BCUT2D eigenvalue weighted by atomic mass is 9.95. The van der Waals surface area contributed by atoms with Crippen molar-refractivity contribution in [1.29, 1.82) is 0 Å². The van der Waals surface area contributed by atoms with Crippen molar-refractivity contribution in [3.63, 3.8) is 0 Å². The Balaban J connectivity index is 1.35. The lowest BCUT2D eigenvalue weighted by Gasteiger charge is -2.34. The molecule has 1 N–H and O–H groups in total. The van der Waals surface area contributed by atoms with Gasteiger partial charge < -0.3 is 19.5 Å². The summed E-state index contributed by atoms with van der Waals surface area (Å²) in [6.07, 6.45) is 8.17. The number of rotatable bonds is 6. The number of fused-ring (bicyclic) bond motifs is 3. The first-order chi connectivity index (χ1) is 19.5. The number of halogens is 1. The summed E-state index contributed by atoms with van der Waals surface area (Å²) in [6, 6.07) is 11.0. The highest BCUT2D eigenvalue weighted by Crippen LogP contribution is 2.40. The van der Waals surface area contributed by atoms with Gasteiger partial charge in [-0.05, 0) is 74.5 Å². The summed E-state index contributed by atoms with van der Waals surface area (Å²) in [5.41, 5.74) is 0.846. The minimum Gasteiger partial charge on any atom is -0.508 e. The van der Waals surface area contributed by atoms with E-state index in [0.717, 1.165) is 56.1 Å². The molecule has 3 aliphatic rings. The fourth-order valence-corrected chi connectivity index (χ4v) is 6.99. The number of anilines is 1. The Morgan fingerprint density at radius 1 is 1.05 bits per heavy atom. The number of hydrogen-bond acceptors (Lipinski definition) is 8. The van der Waals surface area contributed by atoms with Crippen LogP contribution in [0.4, 0.5) is 10.2 Å². The fourth-order valence-electron chi connectivity index (χ4n) is 6.99. The van der Waals surface area contributed by atoms with E-state index in [4.69, 9.17) is 14.5 Å². The Kier molecular flexibility index (Phi) is 6.43. The SMILES string of the molecule is COC1CCCN(c2nc(OCC34CCCN3CCC4)nc3c(F)c(-c4cc(O)cc5ccccc45)ncc23)C1. The number of methoxy groups -OCH3 is 1. The molecule has 8 nitrogen and oxygen atoms in total. The number of phenolic OH excluding ortho intramolecular Hbond substituents is 1. The zero-order valence-corrected chi connectivity index (χ0v) is 22.8. The van der Waals surface area contributed by atoms with Crippen molar-refractivity contribution in [2.75, 3.05) is 44.8 Å². The first kappa shape index (κ1) is 25.4. The summed E-state index contributed by atoms with van der Waals surface area (Å²) in [5, 5.41) is 12.6. The molecule has 1 unspecified atom stereocenters. The quantitative estimate of drug-likeness (QED) is 0.350. The van der Waals surface area contributed by atoms with Crippen LogP contribution in [-0.2, 0) is 4.74 Å². The maximum absolute atomic E-state index is 16.5. The molecule has 5 heterocycles. The van der Waals surface area contributed by atoms with E-state index in [1.165, 1.54) is 12.8 Å². The molecular weight excluding hydrogens is 509 g/mol. The highest BCUT2D eigenvalue weighted by molar-refractivity contribution is 5.99. The van der Waals surface area contributed by atoms with Crippen molar-refractivity contribution in [2.24, 2.45) is 0 Å². The van der Waals surface area contributed by atoms with Gasteiger partial charge in [0.25, 0.3) is 0 Å². The van der Waals surface area contributed by atoms with Crippen molar-refractivity contribution in [3.05, 3.63) is 48.4 Å². The number of phenols is 1. The topological polar surface area (TPSA) is 83.8 Å². The average molecular weight is 544 g/mol. The van der Waals surface area contributed by atoms with Crippen LogP contribution in [0.1, 0.15) is 38.5 Å². The number of ether oxygens (including phenoxy) is 2. The van der Waals surface area contributed by atoms with Crippen LogP contribution >= 0.6 is 0 Å². The monoisotopic (exact) mass is 543 g/mol. The zero-order valence-electron chi connectivity index (χ0n) is 22.8. The molecule has 4 aromatic rings. The minimum atomic E-state index is -0.552. The molecule has 0 spiro atoms. The van der Waals surface area contributed by atoms with E-state index in [9.17, 15) is 5.11 Å². The van der Waals surface area contributed by atoms with Gasteiger partial charge in [0.2, 0.25) is 0 Å². The molecule has 0 bridgehead atoms. The minimum absolute atomic E-state index is 0.0210. The maximum atomic E-state index is 16.5. The lowest BCUT2D eigenvalue weighted by molar-refractivity contribution is 0.0890. The second kappa shape index (κ2) is 10.1. The average Bonchev–Trinajstić information content (AvgIpc) is 3.56. The van der Waals surface area contributed by atoms with Crippen LogP contribution in [0.3, 0.4) is 0 Å². The molecule has 7 rings (SSSR count). The maximum Gasteiger partial charge on any atom is 0.319 e. The number of piperidine rings is 1. The van der Waals surface area contributed by atoms with Crippen molar-refractivity contribution >= 4 is 27.5 Å². The van der Waals surface area contributed by atoms with Gasteiger partial charge in [-0.25, -0.2) is 4.39 Å². The predicted molar refractivity (Wildman–Crippen MR) is 152 cm³/mol. The largest absolute Gasteiger partial charge is 0.508 e. The molecule has 2 aromatic heterocycles. The van der Waals surface area contributed by atoms with Crippen molar-refractivity contribution in [1.82, 2.24) is 19.9 Å².